The first kappa shape index (κ1) is 11.7. The Morgan fingerprint density at radius 1 is 1.50 bits per heavy atom. The molecule has 0 spiro atoms. The lowest BCUT2D eigenvalue weighted by molar-refractivity contribution is -0.149. The van der Waals surface area contributed by atoms with Gasteiger partial charge in [0.1, 0.15) is 0 Å². The number of rotatable bonds is 3. The van der Waals surface area contributed by atoms with Crippen LogP contribution in [0.3, 0.4) is 0 Å². The van der Waals surface area contributed by atoms with E-state index >= 15 is 0 Å². The van der Waals surface area contributed by atoms with Crippen LogP contribution in [0.25, 0.3) is 0 Å². The van der Waals surface area contributed by atoms with Crippen LogP contribution >= 0.6 is 10.7 Å². The monoisotopic (exact) mass is 214 g/mol. The predicted molar refractivity (Wildman–Crippen MR) is 45.4 cm³/mol. The Morgan fingerprint density at radius 3 is 2.17 bits per heavy atom. The first-order chi connectivity index (χ1) is 5.19. The maximum absolute atomic E-state index is 11.0. The van der Waals surface area contributed by atoms with Gasteiger partial charge < -0.3 is 4.74 Å². The fourth-order valence-corrected chi connectivity index (χ4v) is 2.56. The molecule has 0 unspecified atom stereocenters. The van der Waals surface area contributed by atoms with Crippen molar-refractivity contribution in [2.24, 2.45) is 5.41 Å². The van der Waals surface area contributed by atoms with Crippen LogP contribution in [-0.2, 0) is 18.6 Å². The van der Waals surface area contributed by atoms with Crippen molar-refractivity contribution < 1.29 is 17.9 Å². The summed E-state index contributed by atoms with van der Waals surface area (Å²) in [5, 5.41) is 0. The number of esters is 1. The van der Waals surface area contributed by atoms with Crippen molar-refractivity contribution in [2.75, 3.05) is 12.9 Å². The van der Waals surface area contributed by atoms with E-state index in [0.717, 1.165) is 0 Å². The molecule has 0 saturated heterocycles. The second-order valence-corrected chi connectivity index (χ2v) is 5.84. The quantitative estimate of drug-likeness (QED) is 0.514. The molecule has 4 nitrogen and oxygen atoms in total. The highest BCUT2D eigenvalue weighted by atomic mass is 35.7. The summed E-state index contributed by atoms with van der Waals surface area (Å²) in [6, 6.07) is 0. The number of ether oxygens (including phenoxy) is 1. The van der Waals surface area contributed by atoms with Crippen LogP contribution in [0.15, 0.2) is 0 Å². The van der Waals surface area contributed by atoms with Gasteiger partial charge in [0, 0.05) is 10.7 Å². The SMILES string of the molecule is COC(=O)C(C)(C)CS(=O)(=O)Cl. The van der Waals surface area contributed by atoms with E-state index in [9.17, 15) is 13.2 Å². The second kappa shape index (κ2) is 3.62. The zero-order valence-electron chi connectivity index (χ0n) is 7.13. The molecule has 0 heterocycles. The molecule has 0 rings (SSSR count). The molecule has 0 amide bonds. The van der Waals surface area contributed by atoms with Crippen LogP contribution < -0.4 is 0 Å². The highest BCUT2D eigenvalue weighted by molar-refractivity contribution is 8.13. The molecule has 0 aromatic heterocycles. The third kappa shape index (κ3) is 3.92. The third-order valence-electron chi connectivity index (χ3n) is 1.27. The van der Waals surface area contributed by atoms with Crippen molar-refractivity contribution >= 4 is 25.7 Å². The van der Waals surface area contributed by atoms with E-state index in [2.05, 4.69) is 4.74 Å². The molecule has 0 N–H and O–H groups in total. The van der Waals surface area contributed by atoms with E-state index in [1.54, 1.807) is 0 Å². The van der Waals surface area contributed by atoms with E-state index in [1.165, 1.54) is 21.0 Å². The van der Waals surface area contributed by atoms with Crippen LogP contribution in [0, 0.1) is 5.41 Å². The summed E-state index contributed by atoms with van der Waals surface area (Å²) in [5.41, 5.74) is -1.09. The molecule has 0 atom stereocenters. The van der Waals surface area contributed by atoms with Crippen molar-refractivity contribution in [1.82, 2.24) is 0 Å². The summed E-state index contributed by atoms with van der Waals surface area (Å²) in [7, 11) is 2.52. The first-order valence-electron chi connectivity index (χ1n) is 3.20. The molecule has 0 bridgehead atoms. The average Bonchev–Trinajstić information content (AvgIpc) is 1.80. The lowest BCUT2D eigenvalue weighted by atomic mass is 9.97. The minimum atomic E-state index is -3.67. The minimum absolute atomic E-state index is 0.422. The van der Waals surface area contributed by atoms with Crippen LogP contribution in [0.1, 0.15) is 13.8 Å². The predicted octanol–water partition coefficient (Wildman–Crippen LogP) is 0.754. The Bertz CT molecular complexity index is 267. The second-order valence-electron chi connectivity index (χ2n) is 3.06. The van der Waals surface area contributed by atoms with Gasteiger partial charge >= 0.3 is 5.97 Å². The summed E-state index contributed by atoms with van der Waals surface area (Å²) >= 11 is 0. The van der Waals surface area contributed by atoms with Crippen molar-refractivity contribution in [3.05, 3.63) is 0 Å². The maximum Gasteiger partial charge on any atom is 0.312 e. The molecular formula is C6H11ClO4S. The molecule has 72 valence electrons. The van der Waals surface area contributed by atoms with Crippen LogP contribution in [0.2, 0.25) is 0 Å². The van der Waals surface area contributed by atoms with Crippen LogP contribution in [0.5, 0.6) is 0 Å². The fourth-order valence-electron chi connectivity index (χ4n) is 0.766. The Labute approximate surface area is 76.3 Å². The van der Waals surface area contributed by atoms with Gasteiger partial charge in [0.05, 0.1) is 18.3 Å². The number of hydrogen-bond acceptors (Lipinski definition) is 4. The Morgan fingerprint density at radius 2 is 1.92 bits per heavy atom. The van der Waals surface area contributed by atoms with Crippen LogP contribution in [0.4, 0.5) is 0 Å². The first-order valence-corrected chi connectivity index (χ1v) is 5.67. The van der Waals surface area contributed by atoms with Gasteiger partial charge in [-0.25, -0.2) is 8.42 Å². The number of halogens is 1. The summed E-state index contributed by atoms with van der Waals surface area (Å²) in [6.45, 7) is 2.91. The minimum Gasteiger partial charge on any atom is -0.469 e. The fraction of sp³-hybridized carbons (Fsp3) is 0.833. The summed E-state index contributed by atoms with van der Waals surface area (Å²) < 4.78 is 25.6. The van der Waals surface area contributed by atoms with Crippen molar-refractivity contribution in [1.29, 1.82) is 0 Å². The van der Waals surface area contributed by atoms with E-state index in [-0.39, 0.29) is 0 Å². The molecule has 0 aliphatic rings. The molecule has 0 aromatic carbocycles. The largest absolute Gasteiger partial charge is 0.469 e. The standard InChI is InChI=1S/C6H11ClO4S/c1-6(2,5(8)11-3)4-12(7,9)10/h4H2,1-3H3. The lowest BCUT2D eigenvalue weighted by Gasteiger charge is -2.18. The number of hydrogen-bond donors (Lipinski definition) is 0. The number of carbonyl (C=O) groups excluding carboxylic acids is 1. The average molecular weight is 215 g/mol. The number of carbonyl (C=O) groups is 1. The summed E-state index contributed by atoms with van der Waals surface area (Å²) in [4.78, 5) is 11.0. The van der Waals surface area contributed by atoms with E-state index in [0.29, 0.717) is 0 Å². The van der Waals surface area contributed by atoms with E-state index in [4.69, 9.17) is 10.7 Å². The molecule has 0 aliphatic carbocycles. The van der Waals surface area contributed by atoms with Crippen molar-refractivity contribution in [3.8, 4) is 0 Å². The number of methoxy groups -OCH3 is 1. The normalized spacial score (nSPS) is 12.7. The summed E-state index contributed by atoms with van der Waals surface area (Å²) in [5.74, 6) is -1.01. The molecule has 12 heavy (non-hydrogen) atoms. The maximum atomic E-state index is 11.0. The Kier molecular flexibility index (Phi) is 3.53. The highest BCUT2D eigenvalue weighted by Gasteiger charge is 2.33. The molecule has 0 aromatic rings. The topological polar surface area (TPSA) is 60.4 Å². The Hall–Kier alpha value is -0.290. The van der Waals surface area contributed by atoms with E-state index < -0.39 is 26.2 Å². The summed E-state index contributed by atoms with van der Waals surface area (Å²) in [6.07, 6.45) is 0. The molecule has 0 fully saturated rings. The zero-order valence-corrected chi connectivity index (χ0v) is 8.70. The molecule has 0 aliphatic heterocycles. The van der Waals surface area contributed by atoms with E-state index in [1.807, 2.05) is 0 Å². The van der Waals surface area contributed by atoms with Crippen LogP contribution in [-0.4, -0.2) is 27.2 Å². The van der Waals surface area contributed by atoms with Crippen molar-refractivity contribution in [2.45, 2.75) is 13.8 Å². The third-order valence-corrected chi connectivity index (χ3v) is 2.67. The molecular weight excluding hydrogens is 204 g/mol. The molecule has 6 heteroatoms. The smallest absolute Gasteiger partial charge is 0.312 e. The van der Waals surface area contributed by atoms with Gasteiger partial charge in [-0.05, 0) is 13.8 Å². The molecule has 0 saturated carbocycles. The van der Waals surface area contributed by atoms with Gasteiger partial charge in [0.2, 0.25) is 9.05 Å². The van der Waals surface area contributed by atoms with Gasteiger partial charge in [0.15, 0.2) is 0 Å². The molecule has 0 radical (unpaired) electrons. The Balaban J connectivity index is 4.54. The van der Waals surface area contributed by atoms with Crippen molar-refractivity contribution in [3.63, 3.8) is 0 Å². The van der Waals surface area contributed by atoms with Gasteiger partial charge in [-0.3, -0.25) is 4.79 Å². The zero-order chi connectivity index (χ0) is 9.99. The van der Waals surface area contributed by atoms with Gasteiger partial charge in [0.25, 0.3) is 0 Å². The highest BCUT2D eigenvalue weighted by Crippen LogP contribution is 2.21. The lowest BCUT2D eigenvalue weighted by Crippen LogP contribution is -2.31. The van der Waals surface area contributed by atoms with Gasteiger partial charge in [-0.1, -0.05) is 0 Å². The van der Waals surface area contributed by atoms with Gasteiger partial charge in [-0.2, -0.15) is 0 Å². The van der Waals surface area contributed by atoms with Gasteiger partial charge in [-0.15, -0.1) is 0 Å².